The minimum atomic E-state index is -0.451. The molecule has 0 saturated carbocycles. The number of rotatable bonds is 3. The maximum atomic E-state index is 11.0. The number of fused-ring (bicyclic) bond motifs is 1. The predicted molar refractivity (Wildman–Crippen MR) is 74.5 cm³/mol. The Bertz CT molecular complexity index is 777. The van der Waals surface area contributed by atoms with Crippen molar-refractivity contribution < 1.29 is 4.79 Å². The maximum absolute atomic E-state index is 11.0. The molecule has 0 aliphatic rings. The summed E-state index contributed by atoms with van der Waals surface area (Å²) in [5.41, 5.74) is 7.22. The summed E-state index contributed by atoms with van der Waals surface area (Å²) in [5.74, 6) is 0.211. The fourth-order valence-corrected chi connectivity index (χ4v) is 1.92. The topological polar surface area (TPSA) is 98.7 Å². The van der Waals surface area contributed by atoms with Crippen LogP contribution in [0, 0.1) is 0 Å². The van der Waals surface area contributed by atoms with Crippen molar-refractivity contribution in [2.75, 3.05) is 5.32 Å². The maximum Gasteiger partial charge on any atom is 0.248 e. The van der Waals surface area contributed by atoms with E-state index in [0.717, 1.165) is 16.7 Å². The largest absolute Gasteiger partial charge is 0.366 e. The Balaban J connectivity index is 1.95. The van der Waals surface area contributed by atoms with Gasteiger partial charge in [0.2, 0.25) is 5.91 Å². The molecule has 0 atom stereocenters. The van der Waals surface area contributed by atoms with Gasteiger partial charge in [-0.15, -0.1) is 0 Å². The Labute approximate surface area is 114 Å². The molecule has 0 saturated heterocycles. The number of carbonyl (C=O) groups is 1. The lowest BCUT2D eigenvalue weighted by molar-refractivity contribution is 0.100. The summed E-state index contributed by atoms with van der Waals surface area (Å²) in [6.07, 6.45) is 3.18. The van der Waals surface area contributed by atoms with Crippen LogP contribution in [-0.4, -0.2) is 25.7 Å². The first kappa shape index (κ1) is 12.1. The molecule has 7 heteroatoms. The quantitative estimate of drug-likeness (QED) is 0.743. The van der Waals surface area contributed by atoms with Crippen LogP contribution < -0.4 is 11.1 Å². The van der Waals surface area contributed by atoms with E-state index in [-0.39, 0.29) is 0 Å². The number of aromatic nitrogens is 4. The van der Waals surface area contributed by atoms with Gasteiger partial charge in [-0.25, -0.2) is 9.97 Å². The summed E-state index contributed by atoms with van der Waals surface area (Å²) in [7, 11) is 1.82. The van der Waals surface area contributed by atoms with E-state index in [1.165, 1.54) is 6.33 Å². The van der Waals surface area contributed by atoms with Gasteiger partial charge in [0.25, 0.3) is 0 Å². The van der Waals surface area contributed by atoms with Crippen molar-refractivity contribution in [3.63, 3.8) is 0 Å². The number of anilines is 2. The van der Waals surface area contributed by atoms with Crippen molar-refractivity contribution in [1.29, 1.82) is 0 Å². The molecule has 1 amide bonds. The zero-order chi connectivity index (χ0) is 14.1. The number of nitrogens with one attached hydrogen (secondary N) is 1. The molecule has 100 valence electrons. The minimum absolute atomic E-state index is 0.451. The van der Waals surface area contributed by atoms with Crippen molar-refractivity contribution in [3.05, 3.63) is 42.4 Å². The molecule has 3 N–H and O–H groups in total. The van der Waals surface area contributed by atoms with Gasteiger partial charge in [0.05, 0.1) is 11.6 Å². The van der Waals surface area contributed by atoms with Crippen molar-refractivity contribution in [2.24, 2.45) is 12.8 Å². The summed E-state index contributed by atoms with van der Waals surface area (Å²) in [6, 6.07) is 6.85. The highest BCUT2D eigenvalue weighted by Crippen LogP contribution is 2.22. The van der Waals surface area contributed by atoms with Crippen molar-refractivity contribution >= 4 is 28.4 Å². The highest BCUT2D eigenvalue weighted by molar-refractivity contribution is 5.93. The van der Waals surface area contributed by atoms with Gasteiger partial charge in [0, 0.05) is 18.3 Å². The molecule has 0 spiro atoms. The van der Waals surface area contributed by atoms with Crippen LogP contribution in [0.25, 0.3) is 11.0 Å². The molecule has 2 aromatic heterocycles. The van der Waals surface area contributed by atoms with Crippen molar-refractivity contribution in [2.45, 2.75) is 0 Å². The number of primary amides is 1. The molecule has 0 aliphatic heterocycles. The molecule has 3 aromatic rings. The van der Waals surface area contributed by atoms with E-state index in [1.807, 2.05) is 7.05 Å². The second-order valence-electron chi connectivity index (χ2n) is 4.29. The molecule has 0 bridgehead atoms. The highest BCUT2D eigenvalue weighted by Gasteiger charge is 2.08. The number of hydrogen-bond donors (Lipinski definition) is 2. The van der Waals surface area contributed by atoms with Crippen LogP contribution in [0.3, 0.4) is 0 Å². The standard InChI is InChI=1S/C13H12N6O/c1-19-13-10(6-17-19)12(15-7-16-13)18-9-4-2-8(3-5-9)11(14)20/h2-7H,1H3,(H2,14,20)(H,15,16,18). The van der Waals surface area contributed by atoms with E-state index in [1.54, 1.807) is 35.1 Å². The van der Waals surface area contributed by atoms with E-state index >= 15 is 0 Å². The Morgan fingerprint density at radius 3 is 2.70 bits per heavy atom. The first-order chi connectivity index (χ1) is 9.65. The second kappa shape index (κ2) is 4.61. The van der Waals surface area contributed by atoms with Crippen LogP contribution in [0.4, 0.5) is 11.5 Å². The molecule has 2 heterocycles. The van der Waals surface area contributed by atoms with Crippen LogP contribution >= 0.6 is 0 Å². The number of nitrogens with two attached hydrogens (primary N) is 1. The molecule has 0 aliphatic carbocycles. The SMILES string of the molecule is Cn1ncc2c(Nc3ccc(C(N)=O)cc3)ncnc21. The molecule has 0 radical (unpaired) electrons. The first-order valence-corrected chi connectivity index (χ1v) is 5.95. The van der Waals surface area contributed by atoms with Crippen LogP contribution in [0.2, 0.25) is 0 Å². The Kier molecular flexibility index (Phi) is 2.79. The van der Waals surface area contributed by atoms with E-state index in [4.69, 9.17) is 5.73 Å². The Morgan fingerprint density at radius 2 is 2.00 bits per heavy atom. The average molecular weight is 268 g/mol. The normalized spacial score (nSPS) is 10.7. The summed E-state index contributed by atoms with van der Waals surface area (Å²) in [4.78, 5) is 19.4. The number of hydrogen-bond acceptors (Lipinski definition) is 5. The second-order valence-corrected chi connectivity index (χ2v) is 4.29. The van der Waals surface area contributed by atoms with Gasteiger partial charge in [0.15, 0.2) is 5.65 Å². The van der Waals surface area contributed by atoms with Gasteiger partial charge < -0.3 is 11.1 Å². The number of amides is 1. The lowest BCUT2D eigenvalue weighted by Crippen LogP contribution is -2.10. The van der Waals surface area contributed by atoms with Gasteiger partial charge >= 0.3 is 0 Å². The molecule has 7 nitrogen and oxygen atoms in total. The van der Waals surface area contributed by atoms with E-state index < -0.39 is 5.91 Å². The zero-order valence-electron chi connectivity index (χ0n) is 10.7. The zero-order valence-corrected chi connectivity index (χ0v) is 10.7. The molecule has 3 rings (SSSR count). The van der Waals surface area contributed by atoms with Crippen LogP contribution in [-0.2, 0) is 7.05 Å². The van der Waals surface area contributed by atoms with Gasteiger partial charge in [0.1, 0.15) is 12.1 Å². The van der Waals surface area contributed by atoms with E-state index in [2.05, 4.69) is 20.4 Å². The molecule has 1 aromatic carbocycles. The fraction of sp³-hybridized carbons (Fsp3) is 0.0769. The Hall–Kier alpha value is -2.96. The number of benzene rings is 1. The smallest absolute Gasteiger partial charge is 0.248 e. The monoisotopic (exact) mass is 268 g/mol. The summed E-state index contributed by atoms with van der Waals surface area (Å²) >= 11 is 0. The summed E-state index contributed by atoms with van der Waals surface area (Å²) in [5, 5.41) is 8.15. The van der Waals surface area contributed by atoms with Gasteiger partial charge in [-0.05, 0) is 24.3 Å². The lowest BCUT2D eigenvalue weighted by Gasteiger charge is -2.06. The highest BCUT2D eigenvalue weighted by atomic mass is 16.1. The van der Waals surface area contributed by atoms with E-state index in [0.29, 0.717) is 11.4 Å². The number of nitrogens with zero attached hydrogens (tertiary/aromatic N) is 4. The third-order valence-corrected chi connectivity index (χ3v) is 2.96. The average Bonchev–Trinajstić information content (AvgIpc) is 2.82. The number of carbonyl (C=O) groups excluding carboxylic acids is 1. The third kappa shape index (κ3) is 2.05. The van der Waals surface area contributed by atoms with Crippen molar-refractivity contribution in [3.8, 4) is 0 Å². The molecular formula is C13H12N6O. The van der Waals surface area contributed by atoms with Crippen LogP contribution in [0.1, 0.15) is 10.4 Å². The van der Waals surface area contributed by atoms with Crippen molar-refractivity contribution in [1.82, 2.24) is 19.7 Å². The predicted octanol–water partition coefficient (Wildman–Crippen LogP) is 1.21. The van der Waals surface area contributed by atoms with Crippen LogP contribution in [0.15, 0.2) is 36.8 Å². The third-order valence-electron chi connectivity index (χ3n) is 2.96. The molecular weight excluding hydrogens is 256 g/mol. The van der Waals surface area contributed by atoms with Gasteiger partial charge in [-0.3, -0.25) is 9.48 Å². The number of aryl methyl sites for hydroxylation is 1. The summed E-state index contributed by atoms with van der Waals surface area (Å²) in [6.45, 7) is 0. The van der Waals surface area contributed by atoms with E-state index in [9.17, 15) is 4.79 Å². The fourth-order valence-electron chi connectivity index (χ4n) is 1.92. The van der Waals surface area contributed by atoms with Crippen LogP contribution in [0.5, 0.6) is 0 Å². The molecule has 0 fully saturated rings. The molecule has 20 heavy (non-hydrogen) atoms. The van der Waals surface area contributed by atoms with Gasteiger partial charge in [-0.2, -0.15) is 5.10 Å². The van der Waals surface area contributed by atoms with Gasteiger partial charge in [-0.1, -0.05) is 0 Å². The molecule has 0 unspecified atom stereocenters. The minimum Gasteiger partial charge on any atom is -0.366 e. The first-order valence-electron chi connectivity index (χ1n) is 5.95. The Morgan fingerprint density at radius 1 is 1.25 bits per heavy atom. The summed E-state index contributed by atoms with van der Waals surface area (Å²) < 4.78 is 1.68. The lowest BCUT2D eigenvalue weighted by atomic mass is 10.2.